The van der Waals surface area contributed by atoms with Crippen LogP contribution >= 0.6 is 11.6 Å². The zero-order valence-electron chi connectivity index (χ0n) is 26.6. The van der Waals surface area contributed by atoms with Gasteiger partial charge >= 0.3 is 0 Å². The van der Waals surface area contributed by atoms with E-state index in [2.05, 4.69) is 51.3 Å². The summed E-state index contributed by atoms with van der Waals surface area (Å²) in [5.74, 6) is 0.429. The molecule has 2 aromatic heterocycles. The Morgan fingerprint density at radius 3 is 2.48 bits per heavy atom. The zero-order chi connectivity index (χ0) is 33.1. The van der Waals surface area contributed by atoms with Crippen LogP contribution in [0.25, 0.3) is 22.2 Å². The number of nitrogens with one attached hydrogen (secondary N) is 1. The number of ketones is 1. The Hall–Kier alpha value is -4.95. The first-order valence-electron chi connectivity index (χ1n) is 16.1. The molecule has 0 spiro atoms. The van der Waals surface area contributed by atoms with E-state index in [1.165, 1.54) is 11.1 Å². The van der Waals surface area contributed by atoms with Gasteiger partial charge in [-0.15, -0.1) is 0 Å². The predicted octanol–water partition coefficient (Wildman–Crippen LogP) is 8.82. The Kier molecular flexibility index (Phi) is 9.00. The van der Waals surface area contributed by atoms with Crippen LogP contribution in [0.15, 0.2) is 122 Å². The normalized spacial score (nSPS) is 14.9. The second-order valence-electron chi connectivity index (χ2n) is 12.3. The van der Waals surface area contributed by atoms with Gasteiger partial charge in [-0.3, -0.25) is 4.79 Å². The van der Waals surface area contributed by atoms with Gasteiger partial charge in [0.1, 0.15) is 23.3 Å². The van der Waals surface area contributed by atoms with Crippen molar-refractivity contribution in [3.63, 3.8) is 0 Å². The molecule has 8 heteroatoms. The van der Waals surface area contributed by atoms with Crippen LogP contribution in [-0.2, 0) is 11.2 Å². The van der Waals surface area contributed by atoms with Crippen LogP contribution in [0, 0.1) is 0 Å². The lowest BCUT2D eigenvalue weighted by atomic mass is 9.82. The van der Waals surface area contributed by atoms with Crippen molar-refractivity contribution < 1.29 is 19.4 Å². The lowest BCUT2D eigenvalue weighted by Gasteiger charge is -2.42. The van der Waals surface area contributed by atoms with Gasteiger partial charge in [-0.1, -0.05) is 78.3 Å². The third kappa shape index (κ3) is 6.58. The number of aliphatic hydroxyl groups is 1. The summed E-state index contributed by atoms with van der Waals surface area (Å²) in [5, 5.41) is 12.6. The summed E-state index contributed by atoms with van der Waals surface area (Å²) in [7, 11) is 1.81. The average molecular weight is 658 g/mol. The number of anilines is 1. The summed E-state index contributed by atoms with van der Waals surface area (Å²) >= 11 is 6.17. The largest absolute Gasteiger partial charge is 0.455 e. The molecule has 48 heavy (non-hydrogen) atoms. The number of Topliss-reactive ketones (excluding diaryl/α,β-unsaturated/α-hetero) is 1. The molecule has 1 unspecified atom stereocenters. The fourth-order valence-corrected chi connectivity index (χ4v) is 6.72. The summed E-state index contributed by atoms with van der Waals surface area (Å²) in [4.78, 5) is 23.5. The molecule has 3 heterocycles. The molecule has 6 aromatic rings. The van der Waals surface area contributed by atoms with Crippen molar-refractivity contribution in [3.8, 4) is 22.6 Å². The molecule has 0 saturated carbocycles. The van der Waals surface area contributed by atoms with Crippen molar-refractivity contribution in [2.24, 2.45) is 0 Å². The first-order chi connectivity index (χ1) is 23.4. The van der Waals surface area contributed by atoms with Crippen LogP contribution in [0.4, 0.5) is 5.69 Å². The lowest BCUT2D eigenvalue weighted by Crippen LogP contribution is -2.47. The Bertz CT molecular complexity index is 2040. The van der Waals surface area contributed by atoms with Crippen LogP contribution in [0.5, 0.6) is 11.5 Å². The van der Waals surface area contributed by atoms with Crippen molar-refractivity contribution in [2.75, 3.05) is 25.1 Å². The Morgan fingerprint density at radius 1 is 0.958 bits per heavy atom. The molecular formula is C40H36ClN3O4. The number of methoxy groups -OCH3 is 1. The van der Waals surface area contributed by atoms with E-state index < -0.39 is 11.9 Å². The van der Waals surface area contributed by atoms with Gasteiger partial charge in [-0.25, -0.2) is 4.98 Å². The molecule has 7 nitrogen and oxygen atoms in total. The number of aromatic amines is 1. The molecule has 0 amide bonds. The van der Waals surface area contributed by atoms with Gasteiger partial charge in [0.2, 0.25) is 0 Å². The highest BCUT2D eigenvalue weighted by Gasteiger charge is 2.36. The molecule has 0 aliphatic carbocycles. The Labute approximate surface area is 284 Å². The molecule has 2 N–H and O–H groups in total. The topological polar surface area (TPSA) is 87.7 Å². The van der Waals surface area contributed by atoms with Crippen molar-refractivity contribution in [1.29, 1.82) is 0 Å². The summed E-state index contributed by atoms with van der Waals surface area (Å²) in [5.41, 5.74) is 5.72. The molecular weight excluding hydrogens is 622 g/mol. The van der Waals surface area contributed by atoms with Crippen molar-refractivity contribution in [3.05, 3.63) is 143 Å². The van der Waals surface area contributed by atoms with Crippen LogP contribution in [0.3, 0.4) is 0 Å². The van der Waals surface area contributed by atoms with Gasteiger partial charge in [0.15, 0.2) is 5.78 Å². The number of fused-ring (bicyclic) bond motifs is 1. The van der Waals surface area contributed by atoms with E-state index in [9.17, 15) is 9.90 Å². The van der Waals surface area contributed by atoms with Gasteiger partial charge in [-0.2, -0.15) is 0 Å². The highest BCUT2D eigenvalue weighted by Crippen LogP contribution is 2.38. The Morgan fingerprint density at radius 2 is 1.71 bits per heavy atom. The fourth-order valence-electron chi connectivity index (χ4n) is 6.59. The highest BCUT2D eigenvalue weighted by molar-refractivity contribution is 6.30. The maximum atomic E-state index is 13.7. The number of hydrogen-bond donors (Lipinski definition) is 2. The molecule has 1 fully saturated rings. The van der Waals surface area contributed by atoms with Gasteiger partial charge in [0.25, 0.3) is 0 Å². The number of rotatable bonds is 10. The van der Waals surface area contributed by atoms with Crippen molar-refractivity contribution >= 4 is 34.1 Å². The van der Waals surface area contributed by atoms with Crippen molar-refractivity contribution in [1.82, 2.24) is 9.97 Å². The molecule has 4 aromatic carbocycles. The number of ether oxygens (including phenoxy) is 2. The van der Waals surface area contributed by atoms with Crippen LogP contribution < -0.4 is 9.64 Å². The van der Waals surface area contributed by atoms with Crippen LogP contribution in [-0.4, -0.2) is 46.7 Å². The molecule has 1 atom stereocenters. The van der Waals surface area contributed by atoms with E-state index in [1.54, 1.807) is 43.6 Å². The predicted molar refractivity (Wildman–Crippen MR) is 190 cm³/mol. The van der Waals surface area contributed by atoms with Gasteiger partial charge in [0.05, 0.1) is 17.4 Å². The number of aromatic nitrogens is 2. The van der Waals surface area contributed by atoms with Crippen LogP contribution in [0.2, 0.25) is 5.02 Å². The molecule has 1 aliphatic rings. The van der Waals surface area contributed by atoms with Gasteiger partial charge < -0.3 is 24.5 Å². The number of carbonyl (C=O) groups excluding carboxylic acids is 1. The third-order valence-corrected chi connectivity index (χ3v) is 9.61. The number of hydrogen-bond acceptors (Lipinski definition) is 6. The SMILES string of the molecule is COC1(Cc2ccccc2-c2ccc(Cl)cc2)CCN(c2ccc(C(=O)C(O)c3ccccc3)c(Oc3cnc4[nH]ccc4c3)c2)CC1. The van der Waals surface area contributed by atoms with E-state index in [1.807, 2.05) is 48.7 Å². The standard InChI is InChI=1S/C40H36ClN3O4/c1-47-40(25-30-9-5-6-10-34(30)27-11-13-31(41)14-12-27)18-21-44(22-19-40)32-15-16-35(38(46)37(45)28-7-3-2-4-8-28)36(24-32)48-33-23-29-17-20-42-39(29)43-26-33/h2-17,20,23-24,26,37,45H,18-19,21-22,25H2,1H3,(H,42,43). The van der Waals surface area contributed by atoms with E-state index in [4.69, 9.17) is 21.1 Å². The Balaban J connectivity index is 1.14. The second-order valence-corrected chi connectivity index (χ2v) is 12.7. The number of piperidine rings is 1. The first kappa shape index (κ1) is 31.6. The third-order valence-electron chi connectivity index (χ3n) is 9.36. The number of halogens is 1. The molecule has 0 bridgehead atoms. The molecule has 242 valence electrons. The summed E-state index contributed by atoms with van der Waals surface area (Å²) in [6.45, 7) is 1.51. The number of benzene rings is 4. The monoisotopic (exact) mass is 657 g/mol. The zero-order valence-corrected chi connectivity index (χ0v) is 27.4. The molecule has 7 rings (SSSR count). The van der Waals surface area contributed by atoms with Gasteiger partial charge in [-0.05, 0) is 71.5 Å². The molecule has 0 radical (unpaired) electrons. The van der Waals surface area contributed by atoms with Crippen molar-refractivity contribution in [2.45, 2.75) is 31.0 Å². The fraction of sp³-hybridized carbons (Fsp3) is 0.200. The van der Waals surface area contributed by atoms with E-state index in [-0.39, 0.29) is 5.60 Å². The van der Waals surface area contributed by atoms with E-state index in [0.717, 1.165) is 54.6 Å². The van der Waals surface area contributed by atoms with E-state index >= 15 is 0 Å². The number of carbonyl (C=O) groups is 1. The molecule has 1 aliphatic heterocycles. The summed E-state index contributed by atoms with van der Waals surface area (Å²) in [6.07, 6.45) is 4.54. The number of pyridine rings is 1. The second kappa shape index (κ2) is 13.6. The maximum absolute atomic E-state index is 13.7. The van der Waals surface area contributed by atoms with E-state index in [0.29, 0.717) is 27.6 Å². The smallest absolute Gasteiger partial charge is 0.199 e. The number of H-pyrrole nitrogens is 1. The quantitative estimate of drug-likeness (QED) is 0.143. The summed E-state index contributed by atoms with van der Waals surface area (Å²) < 4.78 is 12.6. The first-order valence-corrected chi connectivity index (χ1v) is 16.5. The minimum absolute atomic E-state index is 0.298. The average Bonchev–Trinajstić information content (AvgIpc) is 3.60. The summed E-state index contributed by atoms with van der Waals surface area (Å²) in [6, 6.07) is 34.7. The molecule has 1 saturated heterocycles. The number of nitrogens with zero attached hydrogens (tertiary/aromatic N) is 2. The number of aliphatic hydroxyl groups excluding tert-OH is 1. The lowest BCUT2D eigenvalue weighted by molar-refractivity contribution is -0.0288. The minimum atomic E-state index is -1.32. The van der Waals surface area contributed by atoms with Crippen LogP contribution in [0.1, 0.15) is 40.4 Å². The minimum Gasteiger partial charge on any atom is -0.455 e. The van der Waals surface area contributed by atoms with Gasteiger partial charge in [0, 0.05) is 55.0 Å². The maximum Gasteiger partial charge on any atom is 0.199 e. The highest BCUT2D eigenvalue weighted by atomic mass is 35.5.